The van der Waals surface area contributed by atoms with Gasteiger partial charge in [-0.25, -0.2) is 0 Å². The minimum Gasteiger partial charge on any atom is -0.330 e. The van der Waals surface area contributed by atoms with Crippen LogP contribution in [0.1, 0.15) is 58.3 Å². The third kappa shape index (κ3) is 4.84. The summed E-state index contributed by atoms with van der Waals surface area (Å²) in [5.41, 5.74) is 5.84. The fraction of sp³-hybridized carbons (Fsp3) is 1.00. The molecular formula is C14H30N2. The van der Waals surface area contributed by atoms with Gasteiger partial charge in [-0.2, -0.15) is 0 Å². The van der Waals surface area contributed by atoms with Gasteiger partial charge in [0, 0.05) is 12.6 Å². The van der Waals surface area contributed by atoms with Crippen LogP contribution in [0.25, 0.3) is 0 Å². The molecule has 0 aromatic rings. The van der Waals surface area contributed by atoms with Gasteiger partial charge < -0.3 is 10.6 Å². The summed E-state index contributed by atoms with van der Waals surface area (Å²) in [5, 5.41) is 0. The second-order valence-corrected chi connectivity index (χ2v) is 5.48. The topological polar surface area (TPSA) is 29.3 Å². The third-order valence-electron chi connectivity index (χ3n) is 4.02. The van der Waals surface area contributed by atoms with Gasteiger partial charge in [0.2, 0.25) is 0 Å². The summed E-state index contributed by atoms with van der Waals surface area (Å²) in [7, 11) is 2.30. The number of hydrogen-bond acceptors (Lipinski definition) is 2. The fourth-order valence-electron chi connectivity index (χ4n) is 2.95. The standard InChI is InChI=1S/C14H30N2/c1-3-8-13(11-15)12-16(2)14-9-6-4-5-7-10-14/h13-14H,3-12,15H2,1-2H3. The van der Waals surface area contributed by atoms with Crippen molar-refractivity contribution in [3.8, 4) is 0 Å². The second kappa shape index (κ2) is 8.08. The Balaban J connectivity index is 2.33. The molecule has 1 atom stereocenters. The Morgan fingerprint density at radius 1 is 1.19 bits per heavy atom. The van der Waals surface area contributed by atoms with Crippen LogP contribution in [0.3, 0.4) is 0 Å². The van der Waals surface area contributed by atoms with E-state index < -0.39 is 0 Å². The number of hydrogen-bond donors (Lipinski definition) is 1. The van der Waals surface area contributed by atoms with Crippen LogP contribution in [-0.4, -0.2) is 31.1 Å². The lowest BCUT2D eigenvalue weighted by Gasteiger charge is -2.30. The fourth-order valence-corrected chi connectivity index (χ4v) is 2.95. The van der Waals surface area contributed by atoms with Crippen LogP contribution in [0.15, 0.2) is 0 Å². The van der Waals surface area contributed by atoms with E-state index >= 15 is 0 Å². The Hall–Kier alpha value is -0.0800. The molecule has 0 saturated heterocycles. The summed E-state index contributed by atoms with van der Waals surface area (Å²) >= 11 is 0. The zero-order chi connectivity index (χ0) is 11.8. The molecule has 0 spiro atoms. The highest BCUT2D eigenvalue weighted by Gasteiger charge is 2.19. The van der Waals surface area contributed by atoms with Gasteiger partial charge in [-0.15, -0.1) is 0 Å². The van der Waals surface area contributed by atoms with E-state index in [4.69, 9.17) is 5.73 Å². The van der Waals surface area contributed by atoms with Gasteiger partial charge in [0.15, 0.2) is 0 Å². The van der Waals surface area contributed by atoms with Gasteiger partial charge in [-0.3, -0.25) is 0 Å². The van der Waals surface area contributed by atoms with Crippen LogP contribution < -0.4 is 5.73 Å². The van der Waals surface area contributed by atoms with Crippen LogP contribution in [0, 0.1) is 5.92 Å². The molecule has 16 heavy (non-hydrogen) atoms. The molecule has 1 unspecified atom stereocenters. The Bertz CT molecular complexity index is 162. The largest absolute Gasteiger partial charge is 0.330 e. The summed E-state index contributed by atoms with van der Waals surface area (Å²) in [6.45, 7) is 4.31. The highest BCUT2D eigenvalue weighted by atomic mass is 15.1. The van der Waals surface area contributed by atoms with E-state index in [2.05, 4.69) is 18.9 Å². The first kappa shape index (κ1) is 14.0. The summed E-state index contributed by atoms with van der Waals surface area (Å²) < 4.78 is 0. The van der Waals surface area contributed by atoms with Crippen molar-refractivity contribution in [3.05, 3.63) is 0 Å². The van der Waals surface area contributed by atoms with Crippen LogP contribution >= 0.6 is 0 Å². The molecule has 0 heterocycles. The first-order valence-corrected chi connectivity index (χ1v) is 7.18. The Kier molecular flexibility index (Phi) is 7.06. The van der Waals surface area contributed by atoms with Crippen molar-refractivity contribution in [2.24, 2.45) is 11.7 Å². The van der Waals surface area contributed by atoms with E-state index in [1.54, 1.807) is 0 Å². The maximum atomic E-state index is 5.84. The molecule has 0 radical (unpaired) electrons. The first-order chi connectivity index (χ1) is 7.77. The molecule has 2 N–H and O–H groups in total. The second-order valence-electron chi connectivity index (χ2n) is 5.48. The predicted molar refractivity (Wildman–Crippen MR) is 71.6 cm³/mol. The van der Waals surface area contributed by atoms with Crippen molar-refractivity contribution in [1.29, 1.82) is 0 Å². The van der Waals surface area contributed by atoms with Gasteiger partial charge in [0.05, 0.1) is 0 Å². The molecule has 0 aliphatic heterocycles. The highest BCUT2D eigenvalue weighted by Crippen LogP contribution is 2.22. The van der Waals surface area contributed by atoms with Crippen LogP contribution in [0.4, 0.5) is 0 Å². The predicted octanol–water partition coefficient (Wildman–Crippen LogP) is 3.02. The Morgan fingerprint density at radius 3 is 2.31 bits per heavy atom. The minimum atomic E-state index is 0.707. The van der Waals surface area contributed by atoms with Gasteiger partial charge >= 0.3 is 0 Å². The highest BCUT2D eigenvalue weighted by molar-refractivity contribution is 4.75. The lowest BCUT2D eigenvalue weighted by Crippen LogP contribution is -2.37. The molecular weight excluding hydrogens is 196 g/mol. The Morgan fingerprint density at radius 2 is 1.81 bits per heavy atom. The molecule has 2 nitrogen and oxygen atoms in total. The molecule has 2 heteroatoms. The molecule has 1 saturated carbocycles. The molecule has 96 valence electrons. The summed E-state index contributed by atoms with van der Waals surface area (Å²) in [6, 6.07) is 0.827. The molecule has 1 fully saturated rings. The van der Waals surface area contributed by atoms with Crippen molar-refractivity contribution >= 4 is 0 Å². The van der Waals surface area contributed by atoms with Crippen LogP contribution in [-0.2, 0) is 0 Å². The number of nitrogens with zero attached hydrogens (tertiary/aromatic N) is 1. The van der Waals surface area contributed by atoms with Gasteiger partial charge in [0.25, 0.3) is 0 Å². The number of nitrogens with two attached hydrogens (primary N) is 1. The lowest BCUT2D eigenvalue weighted by molar-refractivity contribution is 0.186. The summed E-state index contributed by atoms with van der Waals surface area (Å²) in [6.07, 6.45) is 11.1. The quantitative estimate of drug-likeness (QED) is 0.705. The minimum absolute atomic E-state index is 0.707. The molecule has 1 rings (SSSR count). The van der Waals surface area contributed by atoms with Crippen LogP contribution in [0.2, 0.25) is 0 Å². The average molecular weight is 226 g/mol. The first-order valence-electron chi connectivity index (χ1n) is 7.18. The summed E-state index contributed by atoms with van der Waals surface area (Å²) in [5.74, 6) is 0.707. The third-order valence-corrected chi connectivity index (χ3v) is 4.02. The lowest BCUT2D eigenvalue weighted by atomic mass is 10.0. The SMILES string of the molecule is CCCC(CN)CN(C)C1CCCCCC1. The molecule has 0 bridgehead atoms. The maximum Gasteiger partial charge on any atom is 0.00923 e. The normalized spacial score (nSPS) is 21.0. The van der Waals surface area contributed by atoms with Crippen molar-refractivity contribution in [3.63, 3.8) is 0 Å². The van der Waals surface area contributed by atoms with E-state index in [9.17, 15) is 0 Å². The molecule has 0 aromatic heterocycles. The number of rotatable bonds is 6. The molecule has 0 aromatic carbocycles. The van der Waals surface area contributed by atoms with Crippen molar-refractivity contribution < 1.29 is 0 Å². The van der Waals surface area contributed by atoms with E-state index in [0.29, 0.717) is 5.92 Å². The van der Waals surface area contributed by atoms with Crippen LogP contribution in [0.5, 0.6) is 0 Å². The maximum absolute atomic E-state index is 5.84. The average Bonchev–Trinajstić information content (AvgIpc) is 2.56. The summed E-state index contributed by atoms with van der Waals surface area (Å²) in [4.78, 5) is 2.58. The monoisotopic (exact) mass is 226 g/mol. The zero-order valence-corrected chi connectivity index (χ0v) is 11.3. The van der Waals surface area contributed by atoms with E-state index in [1.807, 2.05) is 0 Å². The molecule has 1 aliphatic carbocycles. The van der Waals surface area contributed by atoms with E-state index in [-0.39, 0.29) is 0 Å². The van der Waals surface area contributed by atoms with E-state index in [0.717, 1.165) is 12.6 Å². The van der Waals surface area contributed by atoms with Crippen molar-refractivity contribution in [2.45, 2.75) is 64.3 Å². The smallest absolute Gasteiger partial charge is 0.00923 e. The van der Waals surface area contributed by atoms with E-state index in [1.165, 1.54) is 57.9 Å². The zero-order valence-electron chi connectivity index (χ0n) is 11.3. The molecule has 0 amide bonds. The van der Waals surface area contributed by atoms with Gasteiger partial charge in [-0.05, 0) is 38.8 Å². The Labute approximate surface area is 102 Å². The van der Waals surface area contributed by atoms with Gasteiger partial charge in [0.1, 0.15) is 0 Å². The van der Waals surface area contributed by atoms with Gasteiger partial charge in [-0.1, -0.05) is 39.0 Å². The van der Waals surface area contributed by atoms with Crippen molar-refractivity contribution in [2.75, 3.05) is 20.1 Å². The van der Waals surface area contributed by atoms with Crippen molar-refractivity contribution in [1.82, 2.24) is 4.90 Å². The molecule has 1 aliphatic rings.